The lowest BCUT2D eigenvalue weighted by atomic mass is 10.0. The highest BCUT2D eigenvalue weighted by Crippen LogP contribution is 2.27. The van der Waals surface area contributed by atoms with E-state index in [-0.39, 0.29) is 22.9 Å². The van der Waals surface area contributed by atoms with Crippen LogP contribution in [0.4, 0.5) is 8.78 Å². The number of nitrogens with zero attached hydrogens (tertiary/aromatic N) is 1. The fraction of sp³-hybridized carbons (Fsp3) is 0.562. The molecule has 8 heteroatoms. The first kappa shape index (κ1) is 18.8. The topological polar surface area (TPSA) is 66.5 Å². The number of sulfonamides is 1. The zero-order chi connectivity index (χ0) is 17.7. The molecule has 1 heterocycles. The van der Waals surface area contributed by atoms with Gasteiger partial charge in [-0.25, -0.2) is 17.2 Å². The number of alkyl halides is 2. The highest BCUT2D eigenvalue weighted by atomic mass is 32.2. The molecule has 1 aliphatic heterocycles. The zero-order valence-electron chi connectivity index (χ0n) is 13.5. The lowest BCUT2D eigenvalue weighted by Crippen LogP contribution is -2.51. The molecule has 0 aromatic heterocycles. The Morgan fingerprint density at radius 1 is 1.29 bits per heavy atom. The minimum atomic E-state index is -3.90. The highest BCUT2D eigenvalue weighted by Gasteiger charge is 2.37. The smallest absolute Gasteiger partial charge is 0.263 e. The monoisotopic (exact) mass is 360 g/mol. The molecule has 24 heavy (non-hydrogen) atoms. The van der Waals surface area contributed by atoms with E-state index in [9.17, 15) is 22.0 Å². The summed E-state index contributed by atoms with van der Waals surface area (Å²) in [4.78, 5) is 12.2. The quantitative estimate of drug-likeness (QED) is 0.848. The molecule has 1 N–H and O–H groups in total. The van der Waals surface area contributed by atoms with Gasteiger partial charge < -0.3 is 5.32 Å². The molecule has 2 rings (SSSR count). The maximum atomic E-state index is 12.8. The summed E-state index contributed by atoms with van der Waals surface area (Å²) in [6, 6.07) is 3.81. The van der Waals surface area contributed by atoms with Crippen LogP contribution in [0.25, 0.3) is 0 Å². The van der Waals surface area contributed by atoms with E-state index in [0.717, 1.165) is 25.0 Å². The third-order valence-electron chi connectivity index (χ3n) is 4.04. The van der Waals surface area contributed by atoms with Crippen LogP contribution in [-0.4, -0.2) is 37.8 Å². The molecule has 5 nitrogen and oxygen atoms in total. The minimum absolute atomic E-state index is 0.0675. The summed E-state index contributed by atoms with van der Waals surface area (Å²) in [6.07, 6.45) is 0.0284. The fourth-order valence-electron chi connectivity index (χ4n) is 2.74. The average molecular weight is 360 g/mol. The van der Waals surface area contributed by atoms with Gasteiger partial charge in [-0.3, -0.25) is 4.79 Å². The second-order valence-corrected chi connectivity index (χ2v) is 7.68. The number of hydrogen-bond acceptors (Lipinski definition) is 3. The molecule has 0 spiro atoms. The fourth-order valence-corrected chi connectivity index (χ4v) is 4.40. The first-order valence-corrected chi connectivity index (χ1v) is 9.49. The van der Waals surface area contributed by atoms with Crippen molar-refractivity contribution in [3.63, 3.8) is 0 Å². The van der Waals surface area contributed by atoms with E-state index < -0.39 is 22.5 Å². The van der Waals surface area contributed by atoms with Gasteiger partial charge in [0.25, 0.3) is 6.43 Å². The number of amides is 1. The van der Waals surface area contributed by atoms with Crippen LogP contribution in [0.3, 0.4) is 0 Å². The Morgan fingerprint density at radius 3 is 2.54 bits per heavy atom. The molecule has 1 aromatic rings. The molecule has 1 aliphatic rings. The predicted molar refractivity (Wildman–Crippen MR) is 86.2 cm³/mol. The Kier molecular flexibility index (Phi) is 6.28. The Labute approximate surface area is 141 Å². The van der Waals surface area contributed by atoms with Gasteiger partial charge in [-0.2, -0.15) is 4.31 Å². The number of nitrogens with one attached hydrogen (secondary N) is 1. The molecule has 0 aliphatic carbocycles. The normalized spacial score (nSPS) is 19.4. The minimum Gasteiger partial charge on any atom is -0.355 e. The van der Waals surface area contributed by atoms with Crippen LogP contribution in [0.1, 0.15) is 44.6 Å². The van der Waals surface area contributed by atoms with E-state index in [1.54, 1.807) is 0 Å². The Hall–Kier alpha value is -1.54. The second-order valence-electron chi connectivity index (χ2n) is 5.79. The van der Waals surface area contributed by atoms with Gasteiger partial charge in [0.15, 0.2) is 0 Å². The Balaban J connectivity index is 2.25. The van der Waals surface area contributed by atoms with Crippen molar-refractivity contribution in [1.29, 1.82) is 0 Å². The highest BCUT2D eigenvalue weighted by molar-refractivity contribution is 7.89. The van der Waals surface area contributed by atoms with Crippen LogP contribution < -0.4 is 5.32 Å². The van der Waals surface area contributed by atoms with E-state index in [2.05, 4.69) is 5.32 Å². The van der Waals surface area contributed by atoms with Crippen molar-refractivity contribution in [2.75, 3.05) is 13.1 Å². The molecule has 1 fully saturated rings. The molecule has 1 atom stereocenters. The van der Waals surface area contributed by atoms with Crippen LogP contribution >= 0.6 is 0 Å². The molecular weight excluding hydrogens is 338 g/mol. The molecule has 1 amide bonds. The van der Waals surface area contributed by atoms with Gasteiger partial charge in [0.2, 0.25) is 15.9 Å². The Morgan fingerprint density at radius 2 is 1.96 bits per heavy atom. The molecule has 1 unspecified atom stereocenters. The summed E-state index contributed by atoms with van der Waals surface area (Å²) in [5.74, 6) is -0.302. The lowest BCUT2D eigenvalue weighted by molar-refractivity contribution is -0.125. The number of rotatable bonds is 6. The number of carbonyl (C=O) groups is 1. The van der Waals surface area contributed by atoms with Gasteiger partial charge in [0, 0.05) is 18.7 Å². The number of benzene rings is 1. The summed E-state index contributed by atoms with van der Waals surface area (Å²) < 4.78 is 52.1. The maximum Gasteiger partial charge on any atom is 0.263 e. The number of piperidine rings is 1. The molecule has 1 saturated heterocycles. The van der Waals surface area contributed by atoms with Crippen molar-refractivity contribution >= 4 is 15.9 Å². The SMILES string of the molecule is CCCNC(=O)C1CCCCN1S(=O)(=O)c1ccc(C(F)F)cc1. The van der Waals surface area contributed by atoms with Gasteiger partial charge in [0.05, 0.1) is 4.90 Å². The van der Waals surface area contributed by atoms with Gasteiger partial charge in [-0.05, 0) is 31.4 Å². The van der Waals surface area contributed by atoms with Crippen LogP contribution in [0, 0.1) is 0 Å². The van der Waals surface area contributed by atoms with Crippen molar-refractivity contribution < 1.29 is 22.0 Å². The largest absolute Gasteiger partial charge is 0.355 e. The van der Waals surface area contributed by atoms with E-state index >= 15 is 0 Å². The molecule has 0 saturated carbocycles. The van der Waals surface area contributed by atoms with Crippen LogP contribution in [-0.2, 0) is 14.8 Å². The predicted octanol–water partition coefficient (Wildman–Crippen LogP) is 2.69. The third-order valence-corrected chi connectivity index (χ3v) is 5.97. The summed E-state index contributed by atoms with van der Waals surface area (Å²) >= 11 is 0. The van der Waals surface area contributed by atoms with Crippen LogP contribution in [0.15, 0.2) is 29.2 Å². The summed E-state index contributed by atoms with van der Waals surface area (Å²) in [5, 5.41) is 2.74. The van der Waals surface area contributed by atoms with Crippen molar-refractivity contribution in [2.24, 2.45) is 0 Å². The first-order valence-electron chi connectivity index (χ1n) is 8.05. The number of carbonyl (C=O) groups excluding carboxylic acids is 1. The molecular formula is C16H22F2N2O3S. The summed E-state index contributed by atoms with van der Waals surface area (Å²) in [5.41, 5.74) is -0.232. The van der Waals surface area contributed by atoms with Gasteiger partial charge in [-0.15, -0.1) is 0 Å². The van der Waals surface area contributed by atoms with Gasteiger partial charge in [0.1, 0.15) is 6.04 Å². The zero-order valence-corrected chi connectivity index (χ0v) is 14.4. The van der Waals surface area contributed by atoms with E-state index in [0.29, 0.717) is 19.4 Å². The number of halogens is 2. The molecule has 0 radical (unpaired) electrons. The van der Waals surface area contributed by atoms with Gasteiger partial charge in [-0.1, -0.05) is 25.5 Å². The van der Waals surface area contributed by atoms with E-state index in [4.69, 9.17) is 0 Å². The average Bonchev–Trinajstić information content (AvgIpc) is 2.59. The Bertz CT molecular complexity index is 662. The van der Waals surface area contributed by atoms with Crippen LogP contribution in [0.2, 0.25) is 0 Å². The molecule has 0 bridgehead atoms. The maximum absolute atomic E-state index is 12.8. The standard InChI is InChI=1S/C16H22F2N2O3S/c1-2-10-19-16(21)14-5-3-4-11-20(14)24(22,23)13-8-6-12(7-9-13)15(17)18/h6-9,14-15H,2-5,10-11H2,1H3,(H,19,21). The van der Waals surface area contributed by atoms with Crippen molar-refractivity contribution in [3.05, 3.63) is 29.8 Å². The first-order chi connectivity index (χ1) is 11.4. The van der Waals surface area contributed by atoms with Crippen LogP contribution in [0.5, 0.6) is 0 Å². The van der Waals surface area contributed by atoms with Crippen molar-refractivity contribution in [3.8, 4) is 0 Å². The van der Waals surface area contributed by atoms with Crippen molar-refractivity contribution in [1.82, 2.24) is 9.62 Å². The van der Waals surface area contributed by atoms with Crippen molar-refractivity contribution in [2.45, 2.75) is 50.0 Å². The molecule has 1 aromatic carbocycles. The second kappa shape index (κ2) is 8.02. The van der Waals surface area contributed by atoms with E-state index in [1.165, 1.54) is 16.4 Å². The molecule has 134 valence electrons. The third kappa shape index (κ3) is 4.10. The number of hydrogen-bond donors (Lipinski definition) is 1. The summed E-state index contributed by atoms with van der Waals surface area (Å²) in [6.45, 7) is 2.66. The summed E-state index contributed by atoms with van der Waals surface area (Å²) in [7, 11) is -3.90. The van der Waals surface area contributed by atoms with E-state index in [1.807, 2.05) is 6.92 Å². The van der Waals surface area contributed by atoms with Gasteiger partial charge >= 0.3 is 0 Å². The lowest BCUT2D eigenvalue weighted by Gasteiger charge is -2.33.